The molecule has 0 N–H and O–H groups in total. The van der Waals surface area contributed by atoms with Crippen molar-refractivity contribution in [2.24, 2.45) is 0 Å². The van der Waals surface area contributed by atoms with Gasteiger partial charge in [-0.05, 0) is 50.2 Å². The van der Waals surface area contributed by atoms with E-state index in [-0.39, 0.29) is 5.91 Å². The number of aromatic nitrogens is 2. The van der Waals surface area contributed by atoms with Gasteiger partial charge in [0.15, 0.2) is 0 Å². The first-order valence-corrected chi connectivity index (χ1v) is 9.97. The largest absolute Gasteiger partial charge is 0.337 e. The molecule has 5 nitrogen and oxygen atoms in total. The lowest BCUT2D eigenvalue weighted by atomic mass is 10.2. The molecule has 1 aromatic heterocycles. The van der Waals surface area contributed by atoms with Crippen molar-refractivity contribution in [2.75, 3.05) is 12.3 Å². The molecule has 0 unspecified atom stereocenters. The van der Waals surface area contributed by atoms with Gasteiger partial charge in [0.2, 0.25) is 17.6 Å². The van der Waals surface area contributed by atoms with Crippen LogP contribution >= 0.6 is 23.4 Å². The highest BCUT2D eigenvalue weighted by molar-refractivity contribution is 8.00. The summed E-state index contributed by atoms with van der Waals surface area (Å²) in [6.07, 6.45) is 0. The van der Waals surface area contributed by atoms with E-state index in [1.807, 2.05) is 50.2 Å². The maximum Gasteiger partial charge on any atom is 0.246 e. The molecule has 0 fully saturated rings. The number of hydrogen-bond donors (Lipinski definition) is 0. The van der Waals surface area contributed by atoms with Gasteiger partial charge >= 0.3 is 0 Å². The Morgan fingerprint density at radius 2 is 1.85 bits per heavy atom. The van der Waals surface area contributed by atoms with Gasteiger partial charge < -0.3 is 9.42 Å². The third-order valence-electron chi connectivity index (χ3n) is 4.01. The Morgan fingerprint density at radius 3 is 2.52 bits per heavy atom. The van der Waals surface area contributed by atoms with Crippen molar-refractivity contribution >= 4 is 29.3 Å². The molecule has 0 bridgehead atoms. The van der Waals surface area contributed by atoms with Crippen LogP contribution in [0.25, 0.3) is 11.4 Å². The second-order valence-electron chi connectivity index (χ2n) is 6.03. The molecule has 0 atom stereocenters. The third-order valence-corrected chi connectivity index (χ3v) is 5.26. The van der Waals surface area contributed by atoms with E-state index in [1.165, 1.54) is 17.3 Å². The van der Waals surface area contributed by atoms with E-state index in [1.54, 1.807) is 17.0 Å². The Bertz CT molecular complexity index is 894. The molecule has 7 heteroatoms. The number of carbonyl (C=O) groups is 1. The number of rotatable bonds is 7. The van der Waals surface area contributed by atoms with Gasteiger partial charge in [0.05, 0.1) is 12.3 Å². The number of halogens is 1. The van der Waals surface area contributed by atoms with Gasteiger partial charge in [0, 0.05) is 22.0 Å². The van der Waals surface area contributed by atoms with E-state index < -0.39 is 0 Å². The van der Waals surface area contributed by atoms with E-state index in [0.29, 0.717) is 35.6 Å². The topological polar surface area (TPSA) is 59.2 Å². The summed E-state index contributed by atoms with van der Waals surface area (Å²) in [4.78, 5) is 19.7. The summed E-state index contributed by atoms with van der Waals surface area (Å²) in [5.41, 5.74) is 2.02. The number of nitrogens with zero attached hydrogens (tertiary/aromatic N) is 3. The van der Waals surface area contributed by atoms with E-state index in [4.69, 9.17) is 16.1 Å². The van der Waals surface area contributed by atoms with Gasteiger partial charge in [-0.15, -0.1) is 11.8 Å². The quantitative estimate of drug-likeness (QED) is 0.530. The number of carbonyl (C=O) groups excluding carboxylic acids is 1. The highest BCUT2D eigenvalue weighted by Crippen LogP contribution is 2.21. The molecule has 0 saturated heterocycles. The standard InChI is InChI=1S/C20H20ClN3O2S/c1-3-24(19(25)13-27-17-10-4-14(2)5-11-17)12-18-22-20(23-26-18)15-6-8-16(21)9-7-15/h4-11H,3,12-13H2,1-2H3. The summed E-state index contributed by atoms with van der Waals surface area (Å²) in [5.74, 6) is 1.30. The molecule has 0 saturated carbocycles. The minimum absolute atomic E-state index is 0.0364. The Labute approximate surface area is 167 Å². The first-order valence-electron chi connectivity index (χ1n) is 8.61. The fourth-order valence-corrected chi connectivity index (χ4v) is 3.37. The zero-order valence-corrected chi connectivity index (χ0v) is 16.8. The number of benzene rings is 2. The number of hydrogen-bond acceptors (Lipinski definition) is 5. The van der Waals surface area contributed by atoms with Gasteiger partial charge in [-0.2, -0.15) is 4.98 Å². The van der Waals surface area contributed by atoms with Crippen LogP contribution in [0.1, 0.15) is 18.4 Å². The van der Waals surface area contributed by atoms with Crippen molar-refractivity contribution in [3.05, 3.63) is 65.0 Å². The summed E-state index contributed by atoms with van der Waals surface area (Å²) in [6, 6.07) is 15.4. The lowest BCUT2D eigenvalue weighted by Crippen LogP contribution is -2.31. The van der Waals surface area contributed by atoms with Gasteiger partial charge in [0.1, 0.15) is 0 Å². The SMILES string of the molecule is CCN(Cc1nc(-c2ccc(Cl)cc2)no1)C(=O)CSc1ccc(C)cc1. The zero-order valence-electron chi connectivity index (χ0n) is 15.2. The lowest BCUT2D eigenvalue weighted by Gasteiger charge is -2.18. The van der Waals surface area contributed by atoms with Crippen molar-refractivity contribution in [3.63, 3.8) is 0 Å². The molecule has 0 aliphatic rings. The van der Waals surface area contributed by atoms with Crippen molar-refractivity contribution in [2.45, 2.75) is 25.3 Å². The highest BCUT2D eigenvalue weighted by atomic mass is 35.5. The zero-order chi connectivity index (χ0) is 19.2. The number of aryl methyl sites for hydroxylation is 1. The normalized spacial score (nSPS) is 10.8. The van der Waals surface area contributed by atoms with Crippen LogP contribution in [0, 0.1) is 6.92 Å². The predicted molar refractivity (Wildman–Crippen MR) is 108 cm³/mol. The van der Waals surface area contributed by atoms with Gasteiger partial charge in [0.25, 0.3) is 0 Å². The second-order valence-corrected chi connectivity index (χ2v) is 7.51. The smallest absolute Gasteiger partial charge is 0.246 e. The minimum Gasteiger partial charge on any atom is -0.337 e. The Morgan fingerprint density at radius 1 is 1.15 bits per heavy atom. The van der Waals surface area contributed by atoms with Crippen LogP contribution in [0.5, 0.6) is 0 Å². The molecular weight excluding hydrogens is 382 g/mol. The first-order chi connectivity index (χ1) is 13.0. The first kappa shape index (κ1) is 19.5. The molecule has 3 rings (SSSR count). The average Bonchev–Trinajstić information content (AvgIpc) is 3.14. The van der Waals surface area contributed by atoms with Crippen molar-refractivity contribution in [1.82, 2.24) is 15.0 Å². The van der Waals surface area contributed by atoms with Gasteiger partial charge in [-0.1, -0.05) is 34.5 Å². The summed E-state index contributed by atoms with van der Waals surface area (Å²) in [6.45, 7) is 4.85. The monoisotopic (exact) mass is 401 g/mol. The van der Waals surface area contributed by atoms with Crippen LogP contribution in [0.3, 0.4) is 0 Å². The Hall–Kier alpha value is -2.31. The molecule has 27 heavy (non-hydrogen) atoms. The molecular formula is C20H20ClN3O2S. The number of amides is 1. The minimum atomic E-state index is 0.0364. The average molecular weight is 402 g/mol. The van der Waals surface area contributed by atoms with Gasteiger partial charge in [-0.25, -0.2) is 0 Å². The van der Waals surface area contributed by atoms with E-state index in [9.17, 15) is 4.79 Å². The predicted octanol–water partition coefficient (Wildman–Crippen LogP) is 4.84. The molecule has 0 spiro atoms. The molecule has 2 aromatic carbocycles. The molecule has 0 aliphatic carbocycles. The van der Waals surface area contributed by atoms with E-state index in [2.05, 4.69) is 10.1 Å². The molecule has 1 heterocycles. The number of thioether (sulfide) groups is 1. The second kappa shape index (κ2) is 9.06. The third kappa shape index (κ3) is 5.34. The van der Waals surface area contributed by atoms with Gasteiger partial charge in [-0.3, -0.25) is 4.79 Å². The summed E-state index contributed by atoms with van der Waals surface area (Å²) in [5, 5.41) is 4.64. The highest BCUT2D eigenvalue weighted by Gasteiger charge is 2.17. The summed E-state index contributed by atoms with van der Waals surface area (Å²) >= 11 is 7.42. The lowest BCUT2D eigenvalue weighted by molar-refractivity contribution is -0.129. The van der Waals surface area contributed by atoms with Crippen LogP contribution in [0.4, 0.5) is 0 Å². The maximum absolute atomic E-state index is 12.5. The summed E-state index contributed by atoms with van der Waals surface area (Å²) < 4.78 is 5.31. The fraction of sp³-hybridized carbons (Fsp3) is 0.250. The van der Waals surface area contributed by atoms with Crippen LogP contribution < -0.4 is 0 Å². The fourth-order valence-electron chi connectivity index (χ4n) is 2.45. The summed E-state index contributed by atoms with van der Waals surface area (Å²) in [7, 11) is 0. The van der Waals surface area contributed by atoms with Crippen LogP contribution in [-0.2, 0) is 11.3 Å². The van der Waals surface area contributed by atoms with E-state index in [0.717, 1.165) is 10.5 Å². The van der Waals surface area contributed by atoms with Crippen molar-refractivity contribution in [1.29, 1.82) is 0 Å². The van der Waals surface area contributed by atoms with Crippen LogP contribution in [-0.4, -0.2) is 33.2 Å². The molecule has 1 amide bonds. The van der Waals surface area contributed by atoms with Crippen molar-refractivity contribution < 1.29 is 9.32 Å². The molecule has 140 valence electrons. The molecule has 3 aromatic rings. The van der Waals surface area contributed by atoms with Crippen LogP contribution in [0.15, 0.2) is 57.9 Å². The molecule has 0 aliphatic heterocycles. The maximum atomic E-state index is 12.5. The molecule has 0 radical (unpaired) electrons. The van der Waals surface area contributed by atoms with Crippen molar-refractivity contribution in [3.8, 4) is 11.4 Å². The Kier molecular flexibility index (Phi) is 6.53. The van der Waals surface area contributed by atoms with E-state index >= 15 is 0 Å². The Balaban J connectivity index is 1.60. The van der Waals surface area contributed by atoms with Crippen LogP contribution in [0.2, 0.25) is 5.02 Å².